The van der Waals surface area contributed by atoms with E-state index in [-0.39, 0.29) is 0 Å². The topological polar surface area (TPSA) is 36.1 Å². The third-order valence-corrected chi connectivity index (χ3v) is 6.30. The molecule has 0 aromatic heterocycles. The van der Waals surface area contributed by atoms with Gasteiger partial charge in [-0.3, -0.25) is 0 Å². The second kappa shape index (κ2) is 7.99. The molecule has 3 atom stereocenters. The van der Waals surface area contributed by atoms with E-state index < -0.39 is 0 Å². The van der Waals surface area contributed by atoms with Crippen LogP contribution < -0.4 is 16.0 Å². The molecule has 3 saturated heterocycles. The maximum atomic E-state index is 3.61. The standard InChI is InChI=1S/C21H33N3/c1-4-16(13-22-7-1)19-10-20(17-5-2-8-23-14-17)12-21(11-19)18-6-3-9-24-15-18/h10-12,16-18,22-24H,1-9,13-15H2. The highest BCUT2D eigenvalue weighted by Gasteiger charge is 2.23. The van der Waals surface area contributed by atoms with Gasteiger partial charge >= 0.3 is 0 Å². The van der Waals surface area contributed by atoms with Crippen molar-refractivity contribution in [3.05, 3.63) is 34.9 Å². The summed E-state index contributed by atoms with van der Waals surface area (Å²) in [5.41, 5.74) is 4.81. The van der Waals surface area contributed by atoms with Gasteiger partial charge in [-0.25, -0.2) is 0 Å². The summed E-state index contributed by atoms with van der Waals surface area (Å²) in [6.45, 7) is 7.07. The van der Waals surface area contributed by atoms with E-state index >= 15 is 0 Å². The van der Waals surface area contributed by atoms with Gasteiger partial charge in [-0.2, -0.15) is 0 Å². The van der Waals surface area contributed by atoms with Crippen LogP contribution in [-0.4, -0.2) is 39.3 Å². The van der Waals surface area contributed by atoms with Gasteiger partial charge in [0.15, 0.2) is 0 Å². The lowest BCUT2D eigenvalue weighted by Gasteiger charge is -2.30. The molecule has 1 aromatic rings. The highest BCUT2D eigenvalue weighted by molar-refractivity contribution is 5.37. The number of hydrogen-bond acceptors (Lipinski definition) is 3. The van der Waals surface area contributed by atoms with Crippen LogP contribution in [-0.2, 0) is 0 Å². The van der Waals surface area contributed by atoms with E-state index in [0.29, 0.717) is 17.8 Å². The third-order valence-electron chi connectivity index (χ3n) is 6.30. The van der Waals surface area contributed by atoms with Gasteiger partial charge in [-0.15, -0.1) is 0 Å². The second-order valence-corrected chi connectivity index (χ2v) is 8.06. The lowest BCUT2D eigenvalue weighted by atomic mass is 9.81. The van der Waals surface area contributed by atoms with Gasteiger partial charge in [-0.1, -0.05) is 18.2 Å². The van der Waals surface area contributed by atoms with E-state index in [9.17, 15) is 0 Å². The molecule has 0 amide bonds. The molecule has 1 aromatic carbocycles. The van der Waals surface area contributed by atoms with Crippen LogP contribution in [0.4, 0.5) is 0 Å². The number of nitrogens with one attached hydrogen (secondary N) is 3. The first-order chi connectivity index (χ1) is 11.9. The Bertz CT molecular complexity index is 435. The summed E-state index contributed by atoms with van der Waals surface area (Å²) in [5, 5.41) is 10.8. The Morgan fingerprint density at radius 2 is 0.875 bits per heavy atom. The molecule has 3 unspecified atom stereocenters. The van der Waals surface area contributed by atoms with Gasteiger partial charge in [0.25, 0.3) is 0 Å². The first-order valence-electron chi connectivity index (χ1n) is 10.2. The van der Waals surface area contributed by atoms with Gasteiger partial charge in [0.1, 0.15) is 0 Å². The second-order valence-electron chi connectivity index (χ2n) is 8.06. The number of hydrogen-bond donors (Lipinski definition) is 3. The molecular weight excluding hydrogens is 294 g/mol. The van der Waals surface area contributed by atoms with E-state index in [2.05, 4.69) is 34.1 Å². The Labute approximate surface area is 147 Å². The predicted octanol–water partition coefficient (Wildman–Crippen LogP) is 3.09. The molecule has 3 heterocycles. The van der Waals surface area contributed by atoms with Crippen molar-refractivity contribution in [2.75, 3.05) is 39.3 Å². The SMILES string of the molecule is c1c(C2CCCNC2)cc(C2CCCNC2)cc1C1CCCNC1. The first-order valence-corrected chi connectivity index (χ1v) is 10.2. The quantitative estimate of drug-likeness (QED) is 0.798. The molecule has 0 spiro atoms. The summed E-state index contributed by atoms with van der Waals surface area (Å²) in [6.07, 6.45) is 8.01. The van der Waals surface area contributed by atoms with Gasteiger partial charge in [0.05, 0.1) is 0 Å². The zero-order valence-electron chi connectivity index (χ0n) is 14.9. The van der Waals surface area contributed by atoms with Crippen LogP contribution in [0.2, 0.25) is 0 Å². The van der Waals surface area contributed by atoms with Crippen molar-refractivity contribution in [3.8, 4) is 0 Å². The van der Waals surface area contributed by atoms with Crippen LogP contribution in [0.3, 0.4) is 0 Å². The number of piperidine rings is 3. The smallest absolute Gasteiger partial charge is 0.00201 e. The molecule has 0 radical (unpaired) electrons. The third kappa shape index (κ3) is 3.84. The van der Waals surface area contributed by atoms with Crippen LogP contribution in [0, 0.1) is 0 Å². The summed E-state index contributed by atoms with van der Waals surface area (Å²) in [5.74, 6) is 2.14. The summed E-state index contributed by atoms with van der Waals surface area (Å²) in [7, 11) is 0. The fraction of sp³-hybridized carbons (Fsp3) is 0.714. The fourth-order valence-corrected chi connectivity index (χ4v) is 4.82. The van der Waals surface area contributed by atoms with Crippen molar-refractivity contribution >= 4 is 0 Å². The van der Waals surface area contributed by atoms with E-state index in [0.717, 1.165) is 19.6 Å². The van der Waals surface area contributed by atoms with Crippen molar-refractivity contribution in [2.24, 2.45) is 0 Å². The number of benzene rings is 1. The molecule has 24 heavy (non-hydrogen) atoms. The van der Waals surface area contributed by atoms with E-state index in [1.807, 2.05) is 0 Å². The highest BCUT2D eigenvalue weighted by atomic mass is 14.9. The first kappa shape index (κ1) is 16.6. The van der Waals surface area contributed by atoms with Gasteiger partial charge in [-0.05, 0) is 92.6 Å². The molecule has 0 aliphatic carbocycles. The minimum absolute atomic E-state index is 0.713. The molecule has 0 saturated carbocycles. The Kier molecular flexibility index (Phi) is 5.51. The Balaban J connectivity index is 1.63. The minimum Gasteiger partial charge on any atom is -0.316 e. The Hall–Kier alpha value is -0.900. The molecule has 3 heteroatoms. The Morgan fingerprint density at radius 1 is 0.542 bits per heavy atom. The number of rotatable bonds is 3. The monoisotopic (exact) mass is 327 g/mol. The van der Waals surface area contributed by atoms with Gasteiger partial charge in [0, 0.05) is 19.6 Å². The zero-order valence-corrected chi connectivity index (χ0v) is 14.9. The van der Waals surface area contributed by atoms with E-state index in [4.69, 9.17) is 0 Å². The maximum Gasteiger partial charge on any atom is 0.00201 e. The highest BCUT2D eigenvalue weighted by Crippen LogP contribution is 2.34. The van der Waals surface area contributed by atoms with Crippen LogP contribution >= 0.6 is 0 Å². The molecule has 3 nitrogen and oxygen atoms in total. The lowest BCUT2D eigenvalue weighted by Crippen LogP contribution is -2.31. The van der Waals surface area contributed by atoms with E-state index in [1.54, 1.807) is 16.7 Å². The predicted molar refractivity (Wildman–Crippen MR) is 101 cm³/mol. The summed E-state index contributed by atoms with van der Waals surface area (Å²) >= 11 is 0. The van der Waals surface area contributed by atoms with Crippen LogP contribution in [0.25, 0.3) is 0 Å². The summed E-state index contributed by atoms with van der Waals surface area (Å²) < 4.78 is 0. The molecule has 132 valence electrons. The molecule has 3 aliphatic heterocycles. The summed E-state index contributed by atoms with van der Waals surface area (Å²) in [6, 6.07) is 7.65. The average molecular weight is 328 g/mol. The van der Waals surface area contributed by atoms with Crippen molar-refractivity contribution in [2.45, 2.75) is 56.3 Å². The van der Waals surface area contributed by atoms with Gasteiger partial charge < -0.3 is 16.0 Å². The molecular formula is C21H33N3. The average Bonchev–Trinajstić information content (AvgIpc) is 2.70. The molecule has 3 fully saturated rings. The van der Waals surface area contributed by atoms with E-state index in [1.165, 1.54) is 58.2 Å². The van der Waals surface area contributed by atoms with Crippen molar-refractivity contribution in [3.63, 3.8) is 0 Å². The molecule has 3 aliphatic rings. The van der Waals surface area contributed by atoms with Crippen molar-refractivity contribution < 1.29 is 0 Å². The van der Waals surface area contributed by atoms with Crippen molar-refractivity contribution in [1.82, 2.24) is 16.0 Å². The fourth-order valence-electron chi connectivity index (χ4n) is 4.82. The van der Waals surface area contributed by atoms with Crippen molar-refractivity contribution in [1.29, 1.82) is 0 Å². The molecule has 4 rings (SSSR count). The van der Waals surface area contributed by atoms with Gasteiger partial charge in [0.2, 0.25) is 0 Å². The lowest BCUT2D eigenvalue weighted by molar-refractivity contribution is 0.445. The van der Waals surface area contributed by atoms with Crippen LogP contribution in [0.5, 0.6) is 0 Å². The molecule has 0 bridgehead atoms. The normalized spacial score (nSPS) is 31.8. The minimum atomic E-state index is 0.713. The maximum absolute atomic E-state index is 3.61. The van der Waals surface area contributed by atoms with Crippen LogP contribution in [0.15, 0.2) is 18.2 Å². The zero-order chi connectivity index (χ0) is 16.2. The Morgan fingerprint density at radius 3 is 1.12 bits per heavy atom. The van der Waals surface area contributed by atoms with Crippen LogP contribution in [0.1, 0.15) is 73.0 Å². The molecule has 3 N–H and O–H groups in total. The largest absolute Gasteiger partial charge is 0.316 e. The summed E-state index contributed by atoms with van der Waals surface area (Å²) in [4.78, 5) is 0.